The zero-order valence-corrected chi connectivity index (χ0v) is 14.6. The van der Waals surface area contributed by atoms with Crippen molar-refractivity contribution in [1.82, 2.24) is 0 Å². The quantitative estimate of drug-likeness (QED) is 0.655. The molecule has 0 radical (unpaired) electrons. The molecule has 0 atom stereocenters. The van der Waals surface area contributed by atoms with Crippen LogP contribution < -0.4 is 5.32 Å². The minimum atomic E-state index is -0.622. The number of carbonyl (C=O) groups is 2. The van der Waals surface area contributed by atoms with Gasteiger partial charge in [0.2, 0.25) is 0 Å². The van der Waals surface area contributed by atoms with E-state index in [9.17, 15) is 14.7 Å². The molecule has 0 heterocycles. The Morgan fingerprint density at radius 1 is 0.852 bits per heavy atom. The maximum Gasteiger partial charge on any atom is 0.338 e. The summed E-state index contributed by atoms with van der Waals surface area (Å²) in [4.78, 5) is 24.1. The second-order valence-corrected chi connectivity index (χ2v) is 5.99. The molecule has 0 bridgehead atoms. The minimum Gasteiger partial charge on any atom is -0.508 e. The van der Waals surface area contributed by atoms with Crippen LogP contribution in [0, 0.1) is 0 Å². The molecule has 5 nitrogen and oxygen atoms in total. The number of aromatic hydroxyl groups is 1. The molecule has 2 N–H and O–H groups in total. The summed E-state index contributed by atoms with van der Waals surface area (Å²) in [6, 6.07) is 23.1. The van der Waals surface area contributed by atoms with Gasteiger partial charge in [0.25, 0.3) is 5.91 Å². The average molecular weight is 361 g/mol. The molecule has 0 spiro atoms. The Morgan fingerprint density at radius 2 is 1.52 bits per heavy atom. The Balaban J connectivity index is 1.59. The third-order valence-corrected chi connectivity index (χ3v) is 3.97. The van der Waals surface area contributed by atoms with Crippen LogP contribution in [0.15, 0.2) is 78.9 Å². The maximum absolute atomic E-state index is 12.2. The monoisotopic (exact) mass is 361 g/mol. The number of anilines is 1. The summed E-state index contributed by atoms with van der Waals surface area (Å²) >= 11 is 0. The van der Waals surface area contributed by atoms with Crippen molar-refractivity contribution in [3.8, 4) is 5.75 Å². The highest BCUT2D eigenvalue weighted by atomic mass is 16.5. The molecule has 27 heavy (non-hydrogen) atoms. The molecule has 136 valence electrons. The molecule has 1 amide bonds. The molecule has 5 heteroatoms. The highest BCUT2D eigenvalue weighted by molar-refractivity contribution is 5.96. The Morgan fingerprint density at radius 3 is 2.26 bits per heavy atom. The molecule has 0 aromatic heterocycles. The van der Waals surface area contributed by atoms with E-state index in [0.29, 0.717) is 12.1 Å². The Bertz CT molecular complexity index is 921. The number of carbonyl (C=O) groups excluding carboxylic acids is 2. The zero-order chi connectivity index (χ0) is 19.1. The fourth-order valence-corrected chi connectivity index (χ4v) is 2.61. The lowest BCUT2D eigenvalue weighted by atomic mass is 10.0. The van der Waals surface area contributed by atoms with Gasteiger partial charge >= 0.3 is 5.97 Å². The van der Waals surface area contributed by atoms with E-state index in [1.807, 2.05) is 54.6 Å². The normalized spacial score (nSPS) is 10.2. The van der Waals surface area contributed by atoms with Gasteiger partial charge in [-0.15, -0.1) is 0 Å². The van der Waals surface area contributed by atoms with E-state index in [4.69, 9.17) is 4.74 Å². The lowest BCUT2D eigenvalue weighted by Gasteiger charge is -2.11. The number of phenols is 1. The van der Waals surface area contributed by atoms with Crippen molar-refractivity contribution in [2.24, 2.45) is 0 Å². The van der Waals surface area contributed by atoms with Gasteiger partial charge in [-0.25, -0.2) is 4.79 Å². The number of hydrogen-bond donors (Lipinski definition) is 2. The van der Waals surface area contributed by atoms with Crippen LogP contribution in [0.2, 0.25) is 0 Å². The van der Waals surface area contributed by atoms with Gasteiger partial charge in [-0.05, 0) is 47.9 Å². The van der Waals surface area contributed by atoms with Crippen LogP contribution in [0.4, 0.5) is 5.69 Å². The second-order valence-electron chi connectivity index (χ2n) is 5.99. The van der Waals surface area contributed by atoms with Gasteiger partial charge in [-0.2, -0.15) is 0 Å². The van der Waals surface area contributed by atoms with Crippen molar-refractivity contribution in [1.29, 1.82) is 0 Å². The number of amides is 1. The summed E-state index contributed by atoms with van der Waals surface area (Å²) in [5, 5.41) is 12.0. The maximum atomic E-state index is 12.2. The predicted octanol–water partition coefficient (Wildman–Crippen LogP) is 3.78. The van der Waals surface area contributed by atoms with Gasteiger partial charge in [-0.3, -0.25) is 4.79 Å². The average Bonchev–Trinajstić information content (AvgIpc) is 2.69. The Hall–Kier alpha value is -3.60. The summed E-state index contributed by atoms with van der Waals surface area (Å²) in [5.41, 5.74) is 3.07. The molecular weight excluding hydrogens is 342 g/mol. The summed E-state index contributed by atoms with van der Waals surface area (Å²) < 4.78 is 5.03. The number of nitrogens with one attached hydrogen (secondary N) is 1. The summed E-state index contributed by atoms with van der Waals surface area (Å²) in [6.07, 6.45) is 0.685. The van der Waals surface area contributed by atoms with Crippen LogP contribution in [0.5, 0.6) is 5.75 Å². The van der Waals surface area contributed by atoms with E-state index in [1.165, 1.54) is 24.3 Å². The third kappa shape index (κ3) is 5.19. The lowest BCUT2D eigenvalue weighted by Crippen LogP contribution is -2.21. The summed E-state index contributed by atoms with van der Waals surface area (Å²) in [5.74, 6) is -0.982. The van der Waals surface area contributed by atoms with Crippen molar-refractivity contribution in [3.63, 3.8) is 0 Å². The number of esters is 1. The fraction of sp³-hybridized carbons (Fsp3) is 0.0909. The number of ether oxygens (including phenoxy) is 1. The van der Waals surface area contributed by atoms with Crippen LogP contribution in [-0.2, 0) is 16.0 Å². The summed E-state index contributed by atoms with van der Waals surface area (Å²) in [7, 11) is 0. The highest BCUT2D eigenvalue weighted by Crippen LogP contribution is 2.19. The van der Waals surface area contributed by atoms with E-state index in [1.54, 1.807) is 0 Å². The highest BCUT2D eigenvalue weighted by Gasteiger charge is 2.12. The van der Waals surface area contributed by atoms with Gasteiger partial charge in [0.1, 0.15) is 5.75 Å². The standard InChI is InChI=1S/C22H19NO4/c24-19-12-10-17(11-13-19)22(26)27-15-21(25)23-20-9-5-4-8-18(20)14-16-6-2-1-3-7-16/h1-13,24H,14-15H2,(H,23,25). The van der Waals surface area contributed by atoms with E-state index < -0.39 is 11.9 Å². The first-order valence-corrected chi connectivity index (χ1v) is 8.49. The van der Waals surface area contributed by atoms with Crippen molar-refractivity contribution in [2.75, 3.05) is 11.9 Å². The first-order chi connectivity index (χ1) is 13.1. The van der Waals surface area contributed by atoms with Crippen LogP contribution in [0.1, 0.15) is 21.5 Å². The SMILES string of the molecule is O=C(COC(=O)c1ccc(O)cc1)Nc1ccccc1Cc1ccccc1. The number of hydrogen-bond acceptors (Lipinski definition) is 4. The molecule has 0 aliphatic carbocycles. The molecule has 3 rings (SSSR count). The molecule has 0 aliphatic rings. The van der Waals surface area contributed by atoms with E-state index in [-0.39, 0.29) is 17.9 Å². The van der Waals surface area contributed by atoms with Crippen molar-refractivity contribution >= 4 is 17.6 Å². The van der Waals surface area contributed by atoms with Crippen LogP contribution in [0.3, 0.4) is 0 Å². The predicted molar refractivity (Wildman–Crippen MR) is 103 cm³/mol. The molecule has 0 fully saturated rings. The van der Waals surface area contributed by atoms with Gasteiger partial charge < -0.3 is 15.2 Å². The molecule has 0 saturated carbocycles. The van der Waals surface area contributed by atoms with Crippen molar-refractivity contribution in [3.05, 3.63) is 95.6 Å². The van der Waals surface area contributed by atoms with Gasteiger partial charge in [0.15, 0.2) is 6.61 Å². The van der Waals surface area contributed by atoms with Crippen molar-refractivity contribution in [2.45, 2.75) is 6.42 Å². The number of phenolic OH excluding ortho intramolecular Hbond substituents is 1. The summed E-state index contributed by atoms with van der Waals surface area (Å²) in [6.45, 7) is -0.390. The molecular formula is C22H19NO4. The minimum absolute atomic E-state index is 0.0549. The Kier molecular flexibility index (Phi) is 5.84. The van der Waals surface area contributed by atoms with Crippen LogP contribution in [-0.4, -0.2) is 23.6 Å². The second kappa shape index (κ2) is 8.67. The van der Waals surface area contributed by atoms with E-state index in [0.717, 1.165) is 11.1 Å². The largest absolute Gasteiger partial charge is 0.508 e. The molecule has 0 aliphatic heterocycles. The number of rotatable bonds is 6. The lowest BCUT2D eigenvalue weighted by molar-refractivity contribution is -0.119. The van der Waals surface area contributed by atoms with Gasteiger partial charge in [0, 0.05) is 5.69 Å². The van der Waals surface area contributed by atoms with E-state index >= 15 is 0 Å². The number of benzene rings is 3. The van der Waals surface area contributed by atoms with Crippen LogP contribution >= 0.6 is 0 Å². The number of para-hydroxylation sites is 1. The fourth-order valence-electron chi connectivity index (χ4n) is 2.61. The molecule has 0 saturated heterocycles. The molecule has 3 aromatic carbocycles. The molecule has 0 unspecified atom stereocenters. The van der Waals surface area contributed by atoms with E-state index in [2.05, 4.69) is 5.32 Å². The first kappa shape index (κ1) is 18.2. The third-order valence-electron chi connectivity index (χ3n) is 3.97. The van der Waals surface area contributed by atoms with Crippen LogP contribution in [0.25, 0.3) is 0 Å². The van der Waals surface area contributed by atoms with Gasteiger partial charge in [-0.1, -0.05) is 48.5 Å². The Labute approximate surface area is 157 Å². The molecule has 3 aromatic rings. The first-order valence-electron chi connectivity index (χ1n) is 8.49. The smallest absolute Gasteiger partial charge is 0.338 e. The topological polar surface area (TPSA) is 75.6 Å². The zero-order valence-electron chi connectivity index (χ0n) is 14.6. The van der Waals surface area contributed by atoms with Gasteiger partial charge in [0.05, 0.1) is 5.56 Å². The van der Waals surface area contributed by atoms with Crippen molar-refractivity contribution < 1.29 is 19.4 Å².